The van der Waals surface area contributed by atoms with Crippen molar-refractivity contribution in [3.8, 4) is 5.69 Å². The molecular weight excluding hydrogens is 331 g/mol. The van der Waals surface area contributed by atoms with E-state index in [0.717, 1.165) is 13.1 Å². The molecule has 3 rings (SSSR count). The summed E-state index contributed by atoms with van der Waals surface area (Å²) in [6, 6.07) is 16.1. The first kappa shape index (κ1) is 17.8. The Morgan fingerprint density at radius 3 is 2.62 bits per heavy atom. The molecule has 0 atom stereocenters. The molecule has 0 radical (unpaired) electrons. The summed E-state index contributed by atoms with van der Waals surface area (Å²) in [5.74, 6) is -0.527. The van der Waals surface area contributed by atoms with Crippen molar-refractivity contribution in [1.29, 1.82) is 0 Å². The average Bonchev–Trinajstić information content (AvgIpc) is 3.13. The highest BCUT2D eigenvalue weighted by Crippen LogP contribution is 2.12. The second kappa shape index (κ2) is 8.40. The number of nitrogens with zero attached hydrogens (tertiary/aromatic N) is 3. The molecule has 0 fully saturated rings. The Kier molecular flexibility index (Phi) is 5.76. The van der Waals surface area contributed by atoms with Gasteiger partial charge < -0.3 is 10.2 Å². The molecule has 6 heteroatoms. The van der Waals surface area contributed by atoms with Crippen LogP contribution < -0.4 is 5.32 Å². The molecule has 1 aromatic heterocycles. The van der Waals surface area contributed by atoms with E-state index in [4.69, 9.17) is 0 Å². The number of nitrogens with one attached hydrogen (secondary N) is 1. The van der Waals surface area contributed by atoms with Crippen LogP contribution >= 0.6 is 0 Å². The molecule has 3 aromatic rings. The summed E-state index contributed by atoms with van der Waals surface area (Å²) in [5, 5.41) is 2.91. The molecule has 1 N–H and O–H groups in total. The van der Waals surface area contributed by atoms with Crippen LogP contribution in [-0.4, -0.2) is 40.5 Å². The minimum atomic E-state index is -0.318. The molecule has 0 saturated heterocycles. The lowest BCUT2D eigenvalue weighted by atomic mass is 10.2. The van der Waals surface area contributed by atoms with E-state index < -0.39 is 0 Å². The molecule has 0 unspecified atom stereocenters. The zero-order valence-electron chi connectivity index (χ0n) is 14.6. The van der Waals surface area contributed by atoms with Gasteiger partial charge >= 0.3 is 0 Å². The largest absolute Gasteiger partial charge is 0.349 e. The summed E-state index contributed by atoms with van der Waals surface area (Å²) < 4.78 is 14.7. The van der Waals surface area contributed by atoms with Crippen LogP contribution in [0.5, 0.6) is 0 Å². The topological polar surface area (TPSA) is 50.2 Å². The standard InChI is InChI=1S/C20H21FN4O/c1-24(14-16-5-3-2-4-6-16)12-11-23-20(26)19-13-22-15-25(19)18-9-7-17(21)8-10-18/h2-10,13,15H,11-12,14H2,1H3,(H,23,26). The molecule has 0 aliphatic heterocycles. The fraction of sp³-hybridized carbons (Fsp3) is 0.200. The number of carbonyl (C=O) groups excluding carboxylic acids is 1. The smallest absolute Gasteiger partial charge is 0.269 e. The van der Waals surface area contributed by atoms with Crippen LogP contribution in [0.1, 0.15) is 16.1 Å². The molecule has 5 nitrogen and oxygen atoms in total. The normalized spacial score (nSPS) is 10.9. The zero-order chi connectivity index (χ0) is 18.4. The minimum absolute atomic E-state index is 0.208. The number of carbonyl (C=O) groups is 1. The van der Waals surface area contributed by atoms with Gasteiger partial charge in [-0.1, -0.05) is 30.3 Å². The number of benzene rings is 2. The van der Waals surface area contributed by atoms with Crippen molar-refractivity contribution in [1.82, 2.24) is 19.8 Å². The fourth-order valence-corrected chi connectivity index (χ4v) is 2.70. The third-order valence-electron chi connectivity index (χ3n) is 4.05. The maximum absolute atomic E-state index is 13.1. The maximum Gasteiger partial charge on any atom is 0.269 e. The van der Waals surface area contributed by atoms with Crippen molar-refractivity contribution in [3.63, 3.8) is 0 Å². The van der Waals surface area contributed by atoms with E-state index in [2.05, 4.69) is 27.3 Å². The van der Waals surface area contributed by atoms with Gasteiger partial charge in [0.15, 0.2) is 0 Å². The van der Waals surface area contributed by atoms with Gasteiger partial charge in [-0.05, 0) is 36.9 Å². The minimum Gasteiger partial charge on any atom is -0.349 e. The van der Waals surface area contributed by atoms with E-state index in [1.807, 2.05) is 25.2 Å². The predicted octanol–water partition coefficient (Wildman–Crippen LogP) is 2.87. The Hall–Kier alpha value is -2.99. The highest BCUT2D eigenvalue weighted by Gasteiger charge is 2.13. The number of hydrogen-bond donors (Lipinski definition) is 1. The maximum atomic E-state index is 13.1. The second-order valence-electron chi connectivity index (χ2n) is 6.10. The van der Waals surface area contributed by atoms with Gasteiger partial charge in [-0.3, -0.25) is 9.36 Å². The van der Waals surface area contributed by atoms with Gasteiger partial charge in [0.05, 0.1) is 12.5 Å². The van der Waals surface area contributed by atoms with Gasteiger partial charge in [-0.25, -0.2) is 9.37 Å². The van der Waals surface area contributed by atoms with Crippen LogP contribution in [0.3, 0.4) is 0 Å². The third-order valence-corrected chi connectivity index (χ3v) is 4.05. The molecule has 1 amide bonds. The number of imidazole rings is 1. The summed E-state index contributed by atoms with van der Waals surface area (Å²) in [4.78, 5) is 18.6. The quantitative estimate of drug-likeness (QED) is 0.711. The first-order valence-corrected chi connectivity index (χ1v) is 8.42. The van der Waals surface area contributed by atoms with Crippen molar-refractivity contribution in [2.24, 2.45) is 0 Å². The van der Waals surface area contributed by atoms with Crippen LogP contribution in [0.2, 0.25) is 0 Å². The van der Waals surface area contributed by atoms with Crippen molar-refractivity contribution in [2.45, 2.75) is 6.54 Å². The fourth-order valence-electron chi connectivity index (χ4n) is 2.70. The van der Waals surface area contributed by atoms with E-state index in [9.17, 15) is 9.18 Å². The Bertz CT molecular complexity index is 846. The monoisotopic (exact) mass is 352 g/mol. The van der Waals surface area contributed by atoms with Gasteiger partial charge in [0.1, 0.15) is 11.5 Å². The average molecular weight is 352 g/mol. The van der Waals surface area contributed by atoms with Crippen LogP contribution in [0, 0.1) is 5.82 Å². The van der Waals surface area contributed by atoms with Crippen LogP contribution in [0.15, 0.2) is 67.1 Å². The Morgan fingerprint density at radius 1 is 1.15 bits per heavy atom. The Balaban J connectivity index is 1.54. The van der Waals surface area contributed by atoms with E-state index in [0.29, 0.717) is 17.9 Å². The van der Waals surface area contributed by atoms with Crippen molar-refractivity contribution in [2.75, 3.05) is 20.1 Å². The van der Waals surface area contributed by atoms with Gasteiger partial charge in [-0.2, -0.15) is 0 Å². The van der Waals surface area contributed by atoms with Crippen LogP contribution in [-0.2, 0) is 6.54 Å². The van der Waals surface area contributed by atoms with Crippen LogP contribution in [0.4, 0.5) is 4.39 Å². The molecule has 0 aliphatic rings. The molecule has 1 heterocycles. The third kappa shape index (κ3) is 4.55. The number of rotatable bonds is 7. The number of aromatic nitrogens is 2. The van der Waals surface area contributed by atoms with Gasteiger partial charge in [0.25, 0.3) is 5.91 Å². The van der Waals surface area contributed by atoms with E-state index in [1.165, 1.54) is 23.9 Å². The summed E-state index contributed by atoms with van der Waals surface area (Å²) >= 11 is 0. The molecule has 0 aliphatic carbocycles. The highest BCUT2D eigenvalue weighted by molar-refractivity contribution is 5.92. The van der Waals surface area contributed by atoms with Crippen LogP contribution in [0.25, 0.3) is 5.69 Å². The number of likely N-dealkylation sites (N-methyl/N-ethyl adjacent to an activating group) is 1. The number of hydrogen-bond acceptors (Lipinski definition) is 3. The first-order valence-electron chi connectivity index (χ1n) is 8.42. The highest BCUT2D eigenvalue weighted by atomic mass is 19.1. The number of halogens is 1. The molecular formula is C20H21FN4O. The summed E-state index contributed by atoms with van der Waals surface area (Å²) in [5.41, 5.74) is 2.34. The second-order valence-corrected chi connectivity index (χ2v) is 6.10. The molecule has 2 aromatic carbocycles. The molecule has 26 heavy (non-hydrogen) atoms. The SMILES string of the molecule is CN(CCNC(=O)c1cncn1-c1ccc(F)cc1)Cc1ccccc1. The van der Waals surface area contributed by atoms with Gasteiger partial charge in [0, 0.05) is 25.3 Å². The van der Waals surface area contributed by atoms with E-state index in [-0.39, 0.29) is 11.7 Å². The lowest BCUT2D eigenvalue weighted by molar-refractivity contribution is 0.0943. The zero-order valence-corrected chi connectivity index (χ0v) is 14.6. The van der Waals surface area contributed by atoms with Gasteiger partial charge in [0.2, 0.25) is 0 Å². The Morgan fingerprint density at radius 2 is 1.88 bits per heavy atom. The Labute approximate surface area is 152 Å². The van der Waals surface area contributed by atoms with E-state index >= 15 is 0 Å². The molecule has 134 valence electrons. The molecule has 0 bridgehead atoms. The molecule has 0 spiro atoms. The lowest BCUT2D eigenvalue weighted by Gasteiger charge is -2.17. The van der Waals surface area contributed by atoms with Gasteiger partial charge in [-0.15, -0.1) is 0 Å². The van der Waals surface area contributed by atoms with E-state index in [1.54, 1.807) is 23.0 Å². The summed E-state index contributed by atoms with van der Waals surface area (Å²) in [6.07, 6.45) is 3.05. The van der Waals surface area contributed by atoms with Crippen molar-refractivity contribution >= 4 is 5.91 Å². The summed E-state index contributed by atoms with van der Waals surface area (Å²) in [6.45, 7) is 2.08. The number of amides is 1. The lowest BCUT2D eigenvalue weighted by Crippen LogP contribution is -2.33. The predicted molar refractivity (Wildman–Crippen MR) is 98.6 cm³/mol. The van der Waals surface area contributed by atoms with Crippen molar-refractivity contribution in [3.05, 3.63) is 84.2 Å². The first-order chi connectivity index (χ1) is 12.6. The molecule has 0 saturated carbocycles. The summed E-state index contributed by atoms with van der Waals surface area (Å²) in [7, 11) is 2.02. The van der Waals surface area contributed by atoms with Crippen molar-refractivity contribution < 1.29 is 9.18 Å².